The Hall–Kier alpha value is -1.16. The summed E-state index contributed by atoms with van der Waals surface area (Å²) >= 11 is 0. The van der Waals surface area contributed by atoms with Crippen LogP contribution in [0.5, 0.6) is 0 Å². The van der Waals surface area contributed by atoms with Gasteiger partial charge in [0.05, 0.1) is 0 Å². The molecule has 3 rings (SSSR count). The molecule has 0 amide bonds. The Kier molecular flexibility index (Phi) is 2.37. The average Bonchev–Trinajstić information content (AvgIpc) is 2.56. The third-order valence-electron chi connectivity index (χ3n) is 2.41. The molecule has 2 heteroatoms. The van der Waals surface area contributed by atoms with Crippen molar-refractivity contribution in [2.75, 3.05) is 0 Å². The van der Waals surface area contributed by atoms with E-state index in [4.69, 9.17) is 0 Å². The average molecular weight is 174 g/mol. The number of fused-ring (bicyclic) bond motifs is 3. The first-order valence-electron chi connectivity index (χ1n) is 4.40. The smallest absolute Gasteiger partial charge is 0.0464 e. The van der Waals surface area contributed by atoms with Gasteiger partial charge in [-0.2, -0.15) is 0 Å². The monoisotopic (exact) mass is 174 g/mol. The molecule has 0 unspecified atom stereocenters. The molecule has 1 aromatic heterocycles. The zero-order valence-electron chi connectivity index (χ0n) is 8.12. The summed E-state index contributed by atoms with van der Waals surface area (Å²) < 4.78 is 0. The number of para-hydroxylation sites is 2. The van der Waals surface area contributed by atoms with Gasteiger partial charge in [0.2, 0.25) is 0 Å². The maximum atomic E-state index is 3.38. The van der Waals surface area contributed by atoms with E-state index in [9.17, 15) is 0 Å². The number of nitrogens with one attached hydrogen (secondary N) is 1. The molecule has 1 N–H and O–H groups in total. The van der Waals surface area contributed by atoms with Crippen LogP contribution < -0.4 is 0 Å². The molecule has 14 heavy (non-hydrogen) atoms. The minimum atomic E-state index is 0. The zero-order valence-corrected chi connectivity index (χ0v) is 8.12. The fraction of sp³-hybridized carbons (Fsp3) is 0. The first kappa shape index (κ1) is 9.39. The molecule has 0 atom stereocenters. The van der Waals surface area contributed by atoms with Gasteiger partial charge in [0, 0.05) is 40.7 Å². The van der Waals surface area contributed by atoms with Crippen molar-refractivity contribution in [3.05, 3.63) is 48.5 Å². The van der Waals surface area contributed by atoms with Crippen LogP contribution in [-0.4, -0.2) is 23.8 Å². The SMILES string of the molecule is [Li].c1ccc2c(c1)[nH]c1ccccc12. The van der Waals surface area contributed by atoms with Crippen molar-refractivity contribution in [3.8, 4) is 0 Å². The van der Waals surface area contributed by atoms with E-state index in [0.29, 0.717) is 0 Å². The Labute approximate surface area is 94.3 Å². The molecule has 2 aromatic carbocycles. The van der Waals surface area contributed by atoms with Gasteiger partial charge >= 0.3 is 0 Å². The van der Waals surface area contributed by atoms with E-state index in [0.717, 1.165) is 0 Å². The third-order valence-corrected chi connectivity index (χ3v) is 2.41. The summed E-state index contributed by atoms with van der Waals surface area (Å²) in [6.45, 7) is 0. The molecule has 0 saturated carbocycles. The summed E-state index contributed by atoms with van der Waals surface area (Å²) in [5, 5.41) is 2.61. The van der Waals surface area contributed by atoms with Gasteiger partial charge in [-0.15, -0.1) is 0 Å². The van der Waals surface area contributed by atoms with Crippen LogP contribution in [0.1, 0.15) is 0 Å². The molecule has 1 heterocycles. The van der Waals surface area contributed by atoms with Crippen LogP contribution in [0.4, 0.5) is 0 Å². The minimum Gasteiger partial charge on any atom is -0.355 e. The van der Waals surface area contributed by atoms with E-state index in [1.807, 2.05) is 0 Å². The summed E-state index contributed by atoms with van der Waals surface area (Å²) in [5.41, 5.74) is 2.42. The molecule has 0 aliphatic heterocycles. The van der Waals surface area contributed by atoms with E-state index in [1.54, 1.807) is 0 Å². The standard InChI is InChI=1S/C12H9N.Li/c1-3-7-11-9(5-1)10-6-2-4-8-12(10)13-11;/h1-8,13H;. The second-order valence-electron chi connectivity index (χ2n) is 3.22. The topological polar surface area (TPSA) is 15.8 Å². The second kappa shape index (κ2) is 3.53. The van der Waals surface area contributed by atoms with Gasteiger partial charge in [-0.3, -0.25) is 0 Å². The number of benzene rings is 2. The molecule has 0 saturated heterocycles. The Morgan fingerprint density at radius 1 is 0.643 bits per heavy atom. The predicted molar refractivity (Wildman–Crippen MR) is 61.6 cm³/mol. The van der Waals surface area contributed by atoms with Crippen molar-refractivity contribution in [2.24, 2.45) is 0 Å². The van der Waals surface area contributed by atoms with Gasteiger partial charge in [0.1, 0.15) is 0 Å². The minimum absolute atomic E-state index is 0. The molecule has 1 radical (unpaired) electrons. The maximum Gasteiger partial charge on any atom is 0.0464 e. The van der Waals surface area contributed by atoms with Gasteiger partial charge in [-0.1, -0.05) is 36.4 Å². The van der Waals surface area contributed by atoms with Crippen LogP contribution in [0.2, 0.25) is 0 Å². The Bertz CT molecular complexity index is 518. The first-order valence-corrected chi connectivity index (χ1v) is 4.40. The fourth-order valence-electron chi connectivity index (χ4n) is 1.80. The van der Waals surface area contributed by atoms with Crippen molar-refractivity contribution < 1.29 is 0 Å². The molecule has 1 nitrogen and oxygen atoms in total. The largest absolute Gasteiger partial charge is 0.355 e. The fourth-order valence-corrected chi connectivity index (χ4v) is 1.80. The molecule has 63 valence electrons. The Morgan fingerprint density at radius 3 is 1.57 bits per heavy atom. The maximum absolute atomic E-state index is 3.38. The van der Waals surface area contributed by atoms with E-state index in [1.165, 1.54) is 21.8 Å². The van der Waals surface area contributed by atoms with Crippen molar-refractivity contribution in [2.45, 2.75) is 0 Å². The van der Waals surface area contributed by atoms with Crippen molar-refractivity contribution in [3.63, 3.8) is 0 Å². The Morgan fingerprint density at radius 2 is 1.07 bits per heavy atom. The molecule has 0 bridgehead atoms. The summed E-state index contributed by atoms with van der Waals surface area (Å²) in [4.78, 5) is 3.38. The third kappa shape index (κ3) is 1.26. The predicted octanol–water partition coefficient (Wildman–Crippen LogP) is 2.94. The molecule has 0 fully saturated rings. The van der Waals surface area contributed by atoms with Crippen molar-refractivity contribution in [1.82, 2.24) is 4.98 Å². The Balaban J connectivity index is 0.000000750. The van der Waals surface area contributed by atoms with Crippen molar-refractivity contribution in [1.29, 1.82) is 0 Å². The van der Waals surface area contributed by atoms with Gasteiger partial charge in [-0.05, 0) is 12.1 Å². The molecule has 0 aliphatic rings. The van der Waals surface area contributed by atoms with Crippen LogP contribution in [0.3, 0.4) is 0 Å². The second-order valence-corrected chi connectivity index (χ2v) is 3.22. The van der Waals surface area contributed by atoms with Gasteiger partial charge < -0.3 is 4.98 Å². The number of rotatable bonds is 0. The van der Waals surface area contributed by atoms with Crippen LogP contribution in [-0.2, 0) is 0 Å². The molecular formula is C12H9LiN. The van der Waals surface area contributed by atoms with Gasteiger partial charge in [-0.25, -0.2) is 0 Å². The summed E-state index contributed by atoms with van der Waals surface area (Å²) in [6.07, 6.45) is 0. The van der Waals surface area contributed by atoms with Crippen LogP contribution in [0.25, 0.3) is 21.8 Å². The van der Waals surface area contributed by atoms with Crippen LogP contribution in [0, 0.1) is 0 Å². The summed E-state index contributed by atoms with van der Waals surface area (Å²) in [6, 6.07) is 16.8. The molecule has 0 aliphatic carbocycles. The first-order chi connectivity index (χ1) is 6.45. The van der Waals surface area contributed by atoms with E-state index < -0.39 is 0 Å². The summed E-state index contributed by atoms with van der Waals surface area (Å²) in [7, 11) is 0. The number of hydrogen-bond acceptors (Lipinski definition) is 0. The normalized spacial score (nSPS) is 10.3. The zero-order chi connectivity index (χ0) is 8.67. The van der Waals surface area contributed by atoms with Gasteiger partial charge in [0.15, 0.2) is 0 Å². The quantitative estimate of drug-likeness (QED) is 0.504. The number of aromatic amines is 1. The number of aromatic nitrogens is 1. The van der Waals surface area contributed by atoms with E-state index in [2.05, 4.69) is 53.5 Å². The summed E-state index contributed by atoms with van der Waals surface area (Å²) in [5.74, 6) is 0. The van der Waals surface area contributed by atoms with E-state index >= 15 is 0 Å². The molecule has 3 aromatic rings. The van der Waals surface area contributed by atoms with Crippen LogP contribution in [0.15, 0.2) is 48.5 Å². The van der Waals surface area contributed by atoms with E-state index in [-0.39, 0.29) is 18.9 Å². The number of hydrogen-bond donors (Lipinski definition) is 1. The molecule has 0 spiro atoms. The van der Waals surface area contributed by atoms with Crippen LogP contribution >= 0.6 is 0 Å². The van der Waals surface area contributed by atoms with Gasteiger partial charge in [0.25, 0.3) is 0 Å². The van der Waals surface area contributed by atoms with Crippen molar-refractivity contribution >= 4 is 40.7 Å². The number of H-pyrrole nitrogens is 1. The molecular weight excluding hydrogens is 165 g/mol.